The number of amides is 2. The molecule has 1 aromatic carbocycles. The summed E-state index contributed by atoms with van der Waals surface area (Å²) in [6.07, 6.45) is 4.14. The van der Waals surface area contributed by atoms with Gasteiger partial charge in [-0.15, -0.1) is 0 Å². The number of nitrogens with two attached hydrogens (primary N) is 1. The summed E-state index contributed by atoms with van der Waals surface area (Å²) in [5.74, 6) is -2.10. The highest BCUT2D eigenvalue weighted by molar-refractivity contribution is 5.96. The van der Waals surface area contributed by atoms with Crippen LogP contribution in [0.15, 0.2) is 36.5 Å². The number of methoxy groups -OCH3 is 3. The summed E-state index contributed by atoms with van der Waals surface area (Å²) in [5.41, 5.74) is 7.57. The normalized spacial score (nSPS) is 17.9. The molecule has 58 heavy (non-hydrogen) atoms. The van der Waals surface area contributed by atoms with Crippen molar-refractivity contribution in [3.8, 4) is 0 Å². The summed E-state index contributed by atoms with van der Waals surface area (Å²) in [6, 6.07) is 8.77. The second-order valence-electron chi connectivity index (χ2n) is 16.3. The van der Waals surface area contributed by atoms with Gasteiger partial charge in [-0.05, 0) is 56.6 Å². The van der Waals surface area contributed by atoms with E-state index in [1.165, 1.54) is 7.11 Å². The van der Waals surface area contributed by atoms with Crippen molar-refractivity contribution < 1.29 is 38.2 Å². The Kier molecular flexibility index (Phi) is 19.6. The minimum Gasteiger partial charge on any atom is -0.469 e. The average Bonchev–Trinajstić information content (AvgIpc) is 3.70. The van der Waals surface area contributed by atoms with E-state index < -0.39 is 42.0 Å². The highest BCUT2D eigenvalue weighted by Gasteiger charge is 2.43. The van der Waals surface area contributed by atoms with Crippen molar-refractivity contribution in [2.24, 2.45) is 35.3 Å². The van der Waals surface area contributed by atoms with Crippen LogP contribution in [0.2, 0.25) is 0 Å². The van der Waals surface area contributed by atoms with E-state index in [2.05, 4.69) is 23.8 Å². The van der Waals surface area contributed by atoms with Gasteiger partial charge in [0.05, 0.1) is 55.0 Å². The molecular weight excluding hydrogens is 739 g/mol. The molecule has 0 bridgehead atoms. The third-order valence-electron chi connectivity index (χ3n) is 12.1. The maximum absolute atomic E-state index is 14.4. The lowest BCUT2D eigenvalue weighted by Gasteiger charge is -2.40. The van der Waals surface area contributed by atoms with Crippen molar-refractivity contribution in [3.63, 3.8) is 0 Å². The number of nitrogens with zero attached hydrogens (tertiary/aromatic N) is 4. The molecule has 8 atom stereocenters. The van der Waals surface area contributed by atoms with E-state index in [1.54, 1.807) is 46.2 Å². The lowest BCUT2D eigenvalue weighted by Crippen LogP contribution is -2.54. The predicted molar refractivity (Wildman–Crippen MR) is 223 cm³/mol. The summed E-state index contributed by atoms with van der Waals surface area (Å²) in [5, 5.41) is 0. The summed E-state index contributed by atoms with van der Waals surface area (Å²) >= 11 is 0. The summed E-state index contributed by atoms with van der Waals surface area (Å²) in [6.45, 7) is 12.6. The highest BCUT2D eigenvalue weighted by Crippen LogP contribution is 2.31. The predicted octanol–water partition coefficient (Wildman–Crippen LogP) is 5.43. The van der Waals surface area contributed by atoms with Gasteiger partial charge in [-0.2, -0.15) is 0 Å². The van der Waals surface area contributed by atoms with E-state index in [1.807, 2.05) is 49.1 Å². The Morgan fingerprint density at radius 1 is 0.983 bits per heavy atom. The Hall–Kier alpha value is -4.07. The molecule has 2 heterocycles. The number of ketones is 2. The SMILES string of the molecule is CC[C@H](C)[C@@H]([C@@H](CC(=O)N1CCC[C@H]1[C@H](OC)[C@@H](C)C(=O)C[C@@H](Cc1ccccc1)C(=O)OC)OC)N(C)C(=O)[C@@H](Cc1ncc(C(=O)CCCN)c(C)n1)C(C)C. The number of carbonyl (C=O) groups is 5. The molecule has 0 spiro atoms. The molecule has 13 heteroatoms. The first-order chi connectivity index (χ1) is 27.6. The second-order valence-corrected chi connectivity index (χ2v) is 16.3. The molecule has 0 unspecified atom stereocenters. The molecule has 1 saturated heterocycles. The van der Waals surface area contributed by atoms with Crippen molar-refractivity contribution in [1.29, 1.82) is 0 Å². The molecule has 322 valence electrons. The molecule has 1 aliphatic rings. The van der Waals surface area contributed by atoms with Crippen LogP contribution < -0.4 is 5.73 Å². The number of aryl methyl sites for hydroxylation is 1. The van der Waals surface area contributed by atoms with Gasteiger partial charge in [0.15, 0.2) is 5.78 Å². The van der Waals surface area contributed by atoms with Crippen LogP contribution in [-0.4, -0.2) is 115 Å². The smallest absolute Gasteiger partial charge is 0.309 e. The van der Waals surface area contributed by atoms with E-state index >= 15 is 0 Å². The van der Waals surface area contributed by atoms with Gasteiger partial charge in [0.1, 0.15) is 11.6 Å². The topological polar surface area (TPSA) is 171 Å². The fourth-order valence-electron chi connectivity index (χ4n) is 8.42. The first kappa shape index (κ1) is 48.3. The van der Waals surface area contributed by atoms with Crippen LogP contribution in [0, 0.1) is 36.5 Å². The molecular formula is C45H69N5O8. The Labute approximate surface area is 346 Å². The largest absolute Gasteiger partial charge is 0.469 e. The summed E-state index contributed by atoms with van der Waals surface area (Å²) in [4.78, 5) is 80.6. The lowest BCUT2D eigenvalue weighted by molar-refractivity contribution is -0.149. The van der Waals surface area contributed by atoms with Gasteiger partial charge in [-0.25, -0.2) is 9.97 Å². The zero-order valence-corrected chi connectivity index (χ0v) is 36.6. The highest BCUT2D eigenvalue weighted by atomic mass is 16.5. The van der Waals surface area contributed by atoms with Gasteiger partial charge in [0.25, 0.3) is 0 Å². The van der Waals surface area contributed by atoms with Crippen molar-refractivity contribution in [1.82, 2.24) is 19.8 Å². The summed E-state index contributed by atoms with van der Waals surface area (Å²) < 4.78 is 17.1. The minimum absolute atomic E-state index is 0.00468. The van der Waals surface area contributed by atoms with Crippen molar-refractivity contribution >= 4 is 29.4 Å². The maximum Gasteiger partial charge on any atom is 0.309 e. The van der Waals surface area contributed by atoms with Gasteiger partial charge < -0.3 is 29.7 Å². The molecule has 2 amide bonds. The number of carbonyl (C=O) groups excluding carboxylic acids is 5. The number of aromatic nitrogens is 2. The molecule has 1 fully saturated rings. The number of hydrogen-bond donors (Lipinski definition) is 1. The van der Waals surface area contributed by atoms with Crippen LogP contribution in [0.3, 0.4) is 0 Å². The van der Waals surface area contributed by atoms with E-state index in [0.29, 0.717) is 62.3 Å². The number of rotatable bonds is 24. The monoisotopic (exact) mass is 808 g/mol. The van der Waals surface area contributed by atoms with E-state index in [0.717, 1.165) is 18.4 Å². The number of likely N-dealkylation sites (tertiary alicyclic amines) is 1. The number of ether oxygens (including phenoxy) is 3. The number of Topliss-reactive ketones (excluding diaryl/α,β-unsaturated/α-hetero) is 2. The van der Waals surface area contributed by atoms with Crippen molar-refractivity contribution in [2.45, 2.75) is 124 Å². The van der Waals surface area contributed by atoms with Crippen LogP contribution in [0.1, 0.15) is 107 Å². The van der Waals surface area contributed by atoms with Gasteiger partial charge >= 0.3 is 5.97 Å². The Balaban J connectivity index is 1.78. The third-order valence-corrected chi connectivity index (χ3v) is 12.1. The van der Waals surface area contributed by atoms with Gasteiger partial charge in [0, 0.05) is 65.1 Å². The zero-order valence-electron chi connectivity index (χ0n) is 36.6. The van der Waals surface area contributed by atoms with Crippen LogP contribution in [-0.2, 0) is 46.2 Å². The van der Waals surface area contributed by atoms with E-state index in [-0.39, 0.29) is 54.1 Å². The van der Waals surface area contributed by atoms with Crippen LogP contribution in [0.4, 0.5) is 0 Å². The number of esters is 1. The minimum atomic E-state index is -0.643. The van der Waals surface area contributed by atoms with Gasteiger partial charge in [0.2, 0.25) is 11.8 Å². The first-order valence-corrected chi connectivity index (χ1v) is 21.0. The van der Waals surface area contributed by atoms with Crippen molar-refractivity contribution in [2.75, 3.05) is 41.5 Å². The van der Waals surface area contributed by atoms with Gasteiger partial charge in [-0.3, -0.25) is 24.0 Å². The standard InChI is InChI=1S/C45H69N5O8/c1-11-29(4)42(49(7)44(54)34(28(2)3)25-40-47-27-35(31(6)48-40)37(51)20-15-21-46)39(56-8)26-41(53)50-22-16-19-36(50)43(57-9)30(5)38(52)24-33(45(55)58-10)23-32-17-13-12-14-18-32/h12-14,17-18,27-30,33-34,36,39,42-43H,11,15-16,19-26,46H2,1-10H3/t29-,30-,33+,34-,36-,39+,42-,43+/m0/s1. The fourth-order valence-corrected chi connectivity index (χ4v) is 8.42. The summed E-state index contributed by atoms with van der Waals surface area (Å²) in [7, 11) is 6.24. The molecule has 0 radical (unpaired) electrons. The Morgan fingerprint density at radius 2 is 1.67 bits per heavy atom. The average molecular weight is 808 g/mol. The van der Waals surface area contributed by atoms with Crippen molar-refractivity contribution in [3.05, 3.63) is 59.2 Å². The van der Waals surface area contributed by atoms with Crippen LogP contribution in [0.25, 0.3) is 0 Å². The molecule has 1 aliphatic heterocycles. The number of hydrogen-bond acceptors (Lipinski definition) is 11. The molecule has 2 aromatic rings. The quantitative estimate of drug-likeness (QED) is 0.106. The van der Waals surface area contributed by atoms with Crippen LogP contribution in [0.5, 0.6) is 0 Å². The zero-order chi connectivity index (χ0) is 43.1. The fraction of sp³-hybridized carbons (Fsp3) is 0.667. The molecule has 0 aliphatic carbocycles. The number of likely N-dealkylation sites (N-methyl/N-ethyl adjacent to an activating group) is 1. The molecule has 0 saturated carbocycles. The molecule has 3 rings (SSSR count). The molecule has 2 N–H and O–H groups in total. The lowest BCUT2D eigenvalue weighted by atomic mass is 9.85. The third kappa shape index (κ3) is 12.7. The Bertz CT molecular complexity index is 1650. The maximum atomic E-state index is 14.4. The van der Waals surface area contributed by atoms with Crippen LogP contribution >= 0.6 is 0 Å². The first-order valence-electron chi connectivity index (χ1n) is 21.0. The van der Waals surface area contributed by atoms with E-state index in [9.17, 15) is 24.0 Å². The second kappa shape index (κ2) is 23.5. The Morgan fingerprint density at radius 3 is 2.24 bits per heavy atom. The van der Waals surface area contributed by atoms with Gasteiger partial charge in [-0.1, -0.05) is 71.4 Å². The molecule has 13 nitrogen and oxygen atoms in total. The van der Waals surface area contributed by atoms with E-state index in [4.69, 9.17) is 19.9 Å². The molecule has 1 aromatic heterocycles. The number of benzene rings is 1.